The molecule has 0 spiro atoms. The van der Waals surface area contributed by atoms with Gasteiger partial charge in [0.1, 0.15) is 0 Å². The predicted octanol–water partition coefficient (Wildman–Crippen LogP) is 11.1. The zero-order valence-electron chi connectivity index (χ0n) is 24.5. The second kappa shape index (κ2) is 23.1. The van der Waals surface area contributed by atoms with Crippen LogP contribution in [0.25, 0.3) is 17.2 Å². The molecule has 3 rings (SSSR count). The summed E-state index contributed by atoms with van der Waals surface area (Å²) in [5.41, 5.74) is 9.04. The molecule has 0 N–H and O–H groups in total. The number of hydrogen-bond donors (Lipinski definition) is 0. The van der Waals surface area contributed by atoms with Crippen molar-refractivity contribution in [1.82, 2.24) is 4.98 Å². The van der Waals surface area contributed by atoms with E-state index in [1.54, 1.807) is 0 Å². The molecule has 3 aromatic rings. The van der Waals surface area contributed by atoms with Crippen molar-refractivity contribution in [2.24, 2.45) is 0 Å². The summed E-state index contributed by atoms with van der Waals surface area (Å²) in [7, 11) is 0. The van der Waals surface area contributed by atoms with Gasteiger partial charge in [-0.2, -0.15) is 0 Å². The van der Waals surface area contributed by atoms with E-state index in [1.807, 2.05) is 46.9 Å². The lowest BCUT2D eigenvalue weighted by molar-refractivity contribution is 0.910. The quantitative estimate of drug-likeness (QED) is 0.345. The van der Waals surface area contributed by atoms with E-state index in [1.165, 1.54) is 52.6 Å². The minimum Gasteiger partial charge on any atom is -0.261 e. The summed E-state index contributed by atoms with van der Waals surface area (Å²) in [6, 6.07) is 19.5. The SMILES string of the molecule is C=Cc1ccc(-c2ccc(C)c(CCC)c2)cc1.CC.CC.CCC.CCCc1ccc(C)nc1. The first kappa shape index (κ1) is 34.5. The van der Waals surface area contributed by atoms with Crippen molar-refractivity contribution in [1.29, 1.82) is 0 Å². The van der Waals surface area contributed by atoms with Crippen LogP contribution < -0.4 is 0 Å². The molecule has 35 heavy (non-hydrogen) atoms. The van der Waals surface area contributed by atoms with E-state index in [0.29, 0.717) is 0 Å². The van der Waals surface area contributed by atoms with Gasteiger partial charge in [0.15, 0.2) is 0 Å². The van der Waals surface area contributed by atoms with E-state index in [-0.39, 0.29) is 0 Å². The van der Waals surface area contributed by atoms with Crippen molar-refractivity contribution in [2.75, 3.05) is 0 Å². The first-order chi connectivity index (χ1) is 17.0. The summed E-state index contributed by atoms with van der Waals surface area (Å²) in [6.07, 6.45) is 9.78. The third-order valence-corrected chi connectivity index (χ3v) is 4.86. The molecule has 1 heteroatoms. The Hall–Kier alpha value is -2.67. The number of hydrogen-bond acceptors (Lipinski definition) is 1. The summed E-state index contributed by atoms with van der Waals surface area (Å²) >= 11 is 0. The number of benzene rings is 2. The molecule has 0 unspecified atom stereocenters. The second-order valence-corrected chi connectivity index (χ2v) is 7.98. The van der Waals surface area contributed by atoms with Crippen molar-refractivity contribution in [3.8, 4) is 11.1 Å². The summed E-state index contributed by atoms with van der Waals surface area (Å²) in [4.78, 5) is 4.20. The standard InChI is InChI=1S/C18H20.C9H13N.C3H8.2C2H6/c1-4-6-17-13-18(10-7-14(17)3)16-11-8-15(5-2)9-12-16;1-3-4-9-6-5-8(2)10-7-9;1-3-2;2*1-2/h5,7-13H,2,4,6H2,1,3H3;5-7H,3-4H2,1-2H3;3H2,1-2H3;2*1-2H3. The largest absolute Gasteiger partial charge is 0.261 e. The number of aryl methyl sites for hydroxylation is 4. The zero-order chi connectivity index (χ0) is 27.1. The van der Waals surface area contributed by atoms with Gasteiger partial charge in [-0.3, -0.25) is 4.98 Å². The Bertz CT molecular complexity index is 873. The van der Waals surface area contributed by atoms with Crippen LogP contribution in [0.15, 0.2) is 67.4 Å². The molecular formula is C34H53N. The highest BCUT2D eigenvalue weighted by atomic mass is 14.6. The molecule has 194 valence electrons. The lowest BCUT2D eigenvalue weighted by Gasteiger charge is -2.08. The van der Waals surface area contributed by atoms with E-state index in [0.717, 1.165) is 18.5 Å². The number of nitrogens with zero attached hydrogens (tertiary/aromatic N) is 1. The molecule has 1 heterocycles. The van der Waals surface area contributed by atoms with Gasteiger partial charge in [0.25, 0.3) is 0 Å². The fourth-order valence-corrected chi connectivity index (χ4v) is 3.14. The van der Waals surface area contributed by atoms with Crippen LogP contribution in [0.2, 0.25) is 0 Å². The average Bonchev–Trinajstić information content (AvgIpc) is 2.90. The molecule has 0 amide bonds. The van der Waals surface area contributed by atoms with Gasteiger partial charge in [-0.25, -0.2) is 0 Å². The summed E-state index contributed by atoms with van der Waals surface area (Å²) < 4.78 is 0. The Balaban J connectivity index is 0. The van der Waals surface area contributed by atoms with Gasteiger partial charge < -0.3 is 0 Å². The van der Waals surface area contributed by atoms with Crippen molar-refractivity contribution in [2.45, 2.75) is 101 Å². The fourth-order valence-electron chi connectivity index (χ4n) is 3.14. The third kappa shape index (κ3) is 15.0. The lowest BCUT2D eigenvalue weighted by atomic mass is 9.97. The summed E-state index contributed by atoms with van der Waals surface area (Å²) in [6.45, 7) is 24.6. The highest BCUT2D eigenvalue weighted by Gasteiger charge is 2.02. The predicted molar refractivity (Wildman–Crippen MR) is 162 cm³/mol. The summed E-state index contributed by atoms with van der Waals surface area (Å²) in [5.74, 6) is 0. The lowest BCUT2D eigenvalue weighted by Crippen LogP contribution is -1.89. The van der Waals surface area contributed by atoms with Crippen molar-refractivity contribution in [3.63, 3.8) is 0 Å². The van der Waals surface area contributed by atoms with Crippen LogP contribution in [0.5, 0.6) is 0 Å². The van der Waals surface area contributed by atoms with Gasteiger partial charge in [0.2, 0.25) is 0 Å². The maximum absolute atomic E-state index is 4.20. The molecule has 0 atom stereocenters. The van der Waals surface area contributed by atoms with Crippen LogP contribution >= 0.6 is 0 Å². The molecule has 0 bridgehead atoms. The highest BCUT2D eigenvalue weighted by molar-refractivity contribution is 5.66. The fraction of sp³-hybridized carbons (Fsp3) is 0.441. The Labute approximate surface area is 218 Å². The van der Waals surface area contributed by atoms with E-state index in [2.05, 4.69) is 101 Å². The molecule has 1 aromatic heterocycles. The first-order valence-corrected chi connectivity index (χ1v) is 13.7. The van der Waals surface area contributed by atoms with E-state index in [9.17, 15) is 0 Å². The van der Waals surface area contributed by atoms with Crippen LogP contribution in [0, 0.1) is 13.8 Å². The highest BCUT2D eigenvalue weighted by Crippen LogP contribution is 2.24. The number of aromatic nitrogens is 1. The smallest absolute Gasteiger partial charge is 0.0372 e. The minimum absolute atomic E-state index is 1.10. The molecule has 0 radical (unpaired) electrons. The van der Waals surface area contributed by atoms with Crippen molar-refractivity contribution < 1.29 is 0 Å². The van der Waals surface area contributed by atoms with Gasteiger partial charge in [-0.15, -0.1) is 0 Å². The number of rotatable bonds is 6. The molecule has 0 fully saturated rings. The van der Waals surface area contributed by atoms with E-state index < -0.39 is 0 Å². The third-order valence-electron chi connectivity index (χ3n) is 4.86. The maximum Gasteiger partial charge on any atom is 0.0372 e. The van der Waals surface area contributed by atoms with Gasteiger partial charge in [0.05, 0.1) is 0 Å². The van der Waals surface area contributed by atoms with E-state index in [4.69, 9.17) is 0 Å². The molecule has 0 aliphatic heterocycles. The maximum atomic E-state index is 4.20. The molecule has 0 saturated carbocycles. The zero-order valence-corrected chi connectivity index (χ0v) is 24.5. The molecular weight excluding hydrogens is 422 g/mol. The Kier molecular flexibility index (Phi) is 22.8. The van der Waals surface area contributed by atoms with Gasteiger partial charge in [-0.05, 0) is 66.1 Å². The Morgan fingerprint density at radius 2 is 1.26 bits per heavy atom. The van der Waals surface area contributed by atoms with Crippen LogP contribution in [-0.2, 0) is 12.8 Å². The molecule has 0 saturated heterocycles. The number of pyridine rings is 1. The second-order valence-electron chi connectivity index (χ2n) is 7.98. The van der Waals surface area contributed by atoms with Gasteiger partial charge in [-0.1, -0.05) is 136 Å². The van der Waals surface area contributed by atoms with Crippen molar-refractivity contribution in [3.05, 3.63) is 95.3 Å². The van der Waals surface area contributed by atoms with E-state index >= 15 is 0 Å². The first-order valence-electron chi connectivity index (χ1n) is 13.7. The van der Waals surface area contributed by atoms with Gasteiger partial charge >= 0.3 is 0 Å². The normalized spacial score (nSPS) is 8.97. The van der Waals surface area contributed by atoms with Crippen LogP contribution in [0.3, 0.4) is 0 Å². The molecule has 0 aliphatic carbocycles. The Morgan fingerprint density at radius 1 is 0.714 bits per heavy atom. The molecule has 1 nitrogen and oxygen atoms in total. The average molecular weight is 476 g/mol. The Morgan fingerprint density at radius 3 is 1.71 bits per heavy atom. The topological polar surface area (TPSA) is 12.9 Å². The van der Waals surface area contributed by atoms with Crippen LogP contribution in [0.4, 0.5) is 0 Å². The summed E-state index contributed by atoms with van der Waals surface area (Å²) in [5, 5.41) is 0. The minimum atomic E-state index is 1.10. The van der Waals surface area contributed by atoms with Gasteiger partial charge in [0, 0.05) is 11.9 Å². The van der Waals surface area contributed by atoms with Crippen molar-refractivity contribution >= 4 is 6.08 Å². The molecule has 2 aromatic carbocycles. The van der Waals surface area contributed by atoms with Crippen LogP contribution in [0.1, 0.15) is 103 Å². The monoisotopic (exact) mass is 475 g/mol. The molecule has 0 aliphatic rings. The van der Waals surface area contributed by atoms with Crippen LogP contribution in [-0.4, -0.2) is 4.98 Å².